The largest absolute Gasteiger partial charge is 0.367 e. The van der Waals surface area contributed by atoms with Gasteiger partial charge in [-0.05, 0) is 25.2 Å². The lowest BCUT2D eigenvalue weighted by molar-refractivity contribution is 0.365. The van der Waals surface area contributed by atoms with Gasteiger partial charge in [-0.1, -0.05) is 83.5 Å². The highest BCUT2D eigenvalue weighted by Crippen LogP contribution is 2.31. The molecule has 2 aromatic heterocycles. The van der Waals surface area contributed by atoms with Crippen LogP contribution in [0.15, 0.2) is 18.6 Å². The molecule has 2 aliphatic carbocycles. The number of rotatable bonds is 5. The van der Waals surface area contributed by atoms with Crippen molar-refractivity contribution in [3.63, 3.8) is 0 Å². The third kappa shape index (κ3) is 5.96. The molecule has 4 nitrogen and oxygen atoms in total. The van der Waals surface area contributed by atoms with Crippen LogP contribution in [0.3, 0.4) is 0 Å². The first-order valence-corrected chi connectivity index (χ1v) is 12.5. The fourth-order valence-corrected chi connectivity index (χ4v) is 5.42. The molecular weight excluding hydrogens is 356 g/mol. The summed E-state index contributed by atoms with van der Waals surface area (Å²) in [5.74, 6) is 2.49. The van der Waals surface area contributed by atoms with Crippen molar-refractivity contribution < 1.29 is 0 Å². The Hall–Kier alpha value is -1.58. The Bertz CT molecular complexity index is 719. The van der Waals surface area contributed by atoms with Crippen LogP contribution in [0.5, 0.6) is 0 Å². The summed E-state index contributed by atoms with van der Waals surface area (Å²) in [6.45, 7) is 1.02. The molecule has 160 valence electrons. The van der Waals surface area contributed by atoms with Crippen LogP contribution in [0, 0.1) is 5.92 Å². The average Bonchev–Trinajstić information content (AvgIpc) is 3.22. The third-order valence-electron chi connectivity index (χ3n) is 7.24. The molecule has 2 aliphatic rings. The molecule has 0 unspecified atom stereocenters. The Morgan fingerprint density at radius 3 is 2.14 bits per heavy atom. The number of imidazole rings is 1. The average molecular weight is 397 g/mol. The maximum atomic E-state index is 5.12. The smallest absolute Gasteiger partial charge is 0.180 e. The van der Waals surface area contributed by atoms with Crippen LogP contribution in [-0.2, 0) is 0 Å². The molecule has 2 heterocycles. The zero-order valence-corrected chi connectivity index (χ0v) is 18.2. The van der Waals surface area contributed by atoms with Gasteiger partial charge in [-0.15, -0.1) is 0 Å². The molecule has 0 amide bonds. The van der Waals surface area contributed by atoms with Gasteiger partial charge in [-0.25, -0.2) is 9.97 Å². The molecule has 4 heteroatoms. The summed E-state index contributed by atoms with van der Waals surface area (Å²) < 4.78 is 2.19. The molecular formula is C25H40N4. The van der Waals surface area contributed by atoms with Crippen LogP contribution in [0.25, 0.3) is 5.65 Å². The van der Waals surface area contributed by atoms with E-state index < -0.39 is 0 Å². The summed E-state index contributed by atoms with van der Waals surface area (Å²) in [6, 6.07) is 0. The van der Waals surface area contributed by atoms with Crippen molar-refractivity contribution in [1.29, 1.82) is 0 Å². The van der Waals surface area contributed by atoms with E-state index in [0.29, 0.717) is 5.92 Å². The van der Waals surface area contributed by atoms with Gasteiger partial charge in [0.2, 0.25) is 0 Å². The zero-order valence-electron chi connectivity index (χ0n) is 18.2. The molecule has 29 heavy (non-hydrogen) atoms. The highest BCUT2D eigenvalue weighted by molar-refractivity contribution is 5.62. The van der Waals surface area contributed by atoms with Gasteiger partial charge >= 0.3 is 0 Å². The molecule has 0 bridgehead atoms. The van der Waals surface area contributed by atoms with Crippen LogP contribution in [0.2, 0.25) is 0 Å². The first-order chi connectivity index (χ1) is 14.4. The molecule has 0 spiro atoms. The third-order valence-corrected chi connectivity index (χ3v) is 7.24. The molecule has 2 aromatic rings. The van der Waals surface area contributed by atoms with Gasteiger partial charge in [0, 0.05) is 31.1 Å². The van der Waals surface area contributed by atoms with Crippen molar-refractivity contribution in [3.05, 3.63) is 24.3 Å². The Balaban J connectivity index is 1.43. The van der Waals surface area contributed by atoms with Gasteiger partial charge in [0.1, 0.15) is 0 Å². The number of fused-ring (bicyclic) bond motifs is 1. The lowest BCUT2D eigenvalue weighted by Gasteiger charge is -2.20. The minimum Gasteiger partial charge on any atom is -0.367 e. The van der Waals surface area contributed by atoms with Gasteiger partial charge < -0.3 is 9.72 Å². The van der Waals surface area contributed by atoms with Gasteiger partial charge in [-0.2, -0.15) is 0 Å². The number of hydrogen-bond donors (Lipinski definition) is 1. The normalized spacial score (nSPS) is 21.1. The minimum atomic E-state index is 0.603. The predicted octanol–water partition coefficient (Wildman–Crippen LogP) is 7.11. The molecule has 0 atom stereocenters. The number of nitrogens with one attached hydrogen (secondary N) is 1. The zero-order chi connectivity index (χ0) is 19.7. The maximum Gasteiger partial charge on any atom is 0.180 e. The van der Waals surface area contributed by atoms with Gasteiger partial charge in [0.05, 0.1) is 5.69 Å². The van der Waals surface area contributed by atoms with Crippen LogP contribution >= 0.6 is 0 Å². The maximum absolute atomic E-state index is 5.12. The summed E-state index contributed by atoms with van der Waals surface area (Å²) in [4.78, 5) is 9.71. The Labute approximate surface area is 176 Å². The first kappa shape index (κ1) is 20.7. The van der Waals surface area contributed by atoms with Gasteiger partial charge in [0.25, 0.3) is 0 Å². The van der Waals surface area contributed by atoms with E-state index in [-0.39, 0.29) is 0 Å². The summed E-state index contributed by atoms with van der Waals surface area (Å²) in [5, 5.41) is 3.68. The minimum absolute atomic E-state index is 0.603. The van der Waals surface area contributed by atoms with Crippen molar-refractivity contribution in [2.24, 2.45) is 5.92 Å². The highest BCUT2D eigenvalue weighted by Gasteiger charge is 2.18. The molecule has 0 radical (unpaired) electrons. The van der Waals surface area contributed by atoms with E-state index in [1.165, 1.54) is 108 Å². The highest BCUT2D eigenvalue weighted by atomic mass is 15.1. The number of hydrogen-bond acceptors (Lipinski definition) is 3. The van der Waals surface area contributed by atoms with E-state index in [0.717, 1.165) is 23.9 Å². The lowest BCUT2D eigenvalue weighted by Crippen LogP contribution is -2.14. The van der Waals surface area contributed by atoms with Crippen molar-refractivity contribution in [2.75, 3.05) is 11.9 Å². The second kappa shape index (κ2) is 11.0. The van der Waals surface area contributed by atoms with E-state index in [4.69, 9.17) is 4.98 Å². The van der Waals surface area contributed by atoms with Crippen LogP contribution in [0.4, 0.5) is 5.82 Å². The van der Waals surface area contributed by atoms with Crippen LogP contribution in [0.1, 0.15) is 114 Å². The van der Waals surface area contributed by atoms with E-state index in [9.17, 15) is 0 Å². The standard InChI is InChI=1S/C25H40N4/c1-2-7-11-15-22(14-10-6-1)23-20-29-19-18-27-25(29)24(28-23)26-17-16-21-12-8-4-3-5-9-13-21/h18-22H,1-17H2,(H,26,28). The summed E-state index contributed by atoms with van der Waals surface area (Å²) in [5.41, 5.74) is 2.25. The summed E-state index contributed by atoms with van der Waals surface area (Å²) in [6.07, 6.45) is 28.3. The molecule has 2 fully saturated rings. The van der Waals surface area contributed by atoms with E-state index in [1.807, 2.05) is 6.20 Å². The monoisotopic (exact) mass is 396 g/mol. The molecule has 0 aromatic carbocycles. The van der Waals surface area contributed by atoms with Crippen molar-refractivity contribution in [3.8, 4) is 0 Å². The number of nitrogens with zero attached hydrogens (tertiary/aromatic N) is 3. The van der Waals surface area contributed by atoms with E-state index >= 15 is 0 Å². The first-order valence-electron chi connectivity index (χ1n) is 12.5. The fraction of sp³-hybridized carbons (Fsp3) is 0.760. The second-order valence-electron chi connectivity index (χ2n) is 9.49. The summed E-state index contributed by atoms with van der Waals surface area (Å²) >= 11 is 0. The van der Waals surface area contributed by atoms with Crippen molar-refractivity contribution >= 4 is 11.5 Å². The topological polar surface area (TPSA) is 42.2 Å². The summed E-state index contributed by atoms with van der Waals surface area (Å²) in [7, 11) is 0. The molecule has 0 aliphatic heterocycles. The number of aromatic nitrogens is 3. The lowest BCUT2D eigenvalue weighted by atomic mass is 9.89. The quantitative estimate of drug-likeness (QED) is 0.585. The predicted molar refractivity (Wildman–Crippen MR) is 122 cm³/mol. The molecule has 4 rings (SSSR count). The van der Waals surface area contributed by atoms with Crippen molar-refractivity contribution in [2.45, 2.75) is 109 Å². The Kier molecular flexibility index (Phi) is 7.84. The molecule has 1 N–H and O–H groups in total. The SMILES string of the molecule is c1cn2cc(C3CCCCCCCC3)nc(NCCC3CCCCCCC3)c2n1. The van der Waals surface area contributed by atoms with Crippen LogP contribution < -0.4 is 5.32 Å². The fourth-order valence-electron chi connectivity index (χ4n) is 5.42. The van der Waals surface area contributed by atoms with Crippen molar-refractivity contribution in [1.82, 2.24) is 14.4 Å². The molecule has 0 saturated heterocycles. The van der Waals surface area contributed by atoms with Crippen LogP contribution in [-0.4, -0.2) is 20.9 Å². The second-order valence-corrected chi connectivity index (χ2v) is 9.49. The van der Waals surface area contributed by atoms with E-state index in [1.54, 1.807) is 0 Å². The Morgan fingerprint density at radius 2 is 1.45 bits per heavy atom. The van der Waals surface area contributed by atoms with E-state index in [2.05, 4.69) is 27.1 Å². The Morgan fingerprint density at radius 1 is 0.828 bits per heavy atom. The number of anilines is 1. The molecule has 2 saturated carbocycles. The van der Waals surface area contributed by atoms with Gasteiger partial charge in [0.15, 0.2) is 11.5 Å². The van der Waals surface area contributed by atoms with Gasteiger partial charge in [-0.3, -0.25) is 0 Å².